The van der Waals surface area contributed by atoms with E-state index in [2.05, 4.69) is 10.6 Å². The van der Waals surface area contributed by atoms with E-state index in [1.165, 1.54) is 6.20 Å². The number of carbonyl (C=O) groups is 1. The second-order valence-corrected chi connectivity index (χ2v) is 5.77. The fraction of sp³-hybridized carbons (Fsp3) is 0.200. The maximum atomic E-state index is 12.4. The molecule has 0 bridgehead atoms. The first-order valence-electron chi connectivity index (χ1n) is 7.84. The van der Waals surface area contributed by atoms with E-state index in [1.54, 1.807) is 31.4 Å². The smallest absolute Gasteiger partial charge is 0.267 e. The maximum absolute atomic E-state index is 12.4. The van der Waals surface area contributed by atoms with E-state index in [0.717, 1.165) is 33.8 Å². The lowest BCUT2D eigenvalue weighted by molar-refractivity contribution is -0.112. The Bertz CT molecular complexity index is 823. The monoisotopic (exact) mass is 335 g/mol. The summed E-state index contributed by atoms with van der Waals surface area (Å²) in [5.41, 5.74) is 4.54. The highest BCUT2D eigenvalue weighted by Gasteiger charge is 2.12. The summed E-state index contributed by atoms with van der Waals surface area (Å²) in [6.07, 6.45) is 1.40. The van der Waals surface area contributed by atoms with Crippen LogP contribution in [-0.2, 0) is 4.79 Å². The summed E-state index contributed by atoms with van der Waals surface area (Å²) < 4.78 is 5.09. The number of hydrogen-bond acceptors (Lipinski definition) is 4. The Morgan fingerprint density at radius 2 is 1.72 bits per heavy atom. The molecule has 25 heavy (non-hydrogen) atoms. The van der Waals surface area contributed by atoms with Gasteiger partial charge in [-0.1, -0.05) is 17.7 Å². The summed E-state index contributed by atoms with van der Waals surface area (Å²) in [5, 5.41) is 15.1. The highest BCUT2D eigenvalue weighted by Crippen LogP contribution is 2.22. The molecule has 0 saturated carbocycles. The molecular formula is C20H21N3O2. The van der Waals surface area contributed by atoms with Gasteiger partial charge in [0.2, 0.25) is 0 Å². The Labute approximate surface area is 147 Å². The van der Waals surface area contributed by atoms with Gasteiger partial charge in [-0.25, -0.2) is 0 Å². The van der Waals surface area contributed by atoms with Crippen molar-refractivity contribution in [3.8, 4) is 11.8 Å². The van der Waals surface area contributed by atoms with Gasteiger partial charge in [-0.15, -0.1) is 0 Å². The van der Waals surface area contributed by atoms with Gasteiger partial charge >= 0.3 is 0 Å². The van der Waals surface area contributed by atoms with Crippen molar-refractivity contribution in [1.29, 1.82) is 5.26 Å². The van der Waals surface area contributed by atoms with Crippen LogP contribution in [0.1, 0.15) is 16.7 Å². The second-order valence-electron chi connectivity index (χ2n) is 5.77. The fourth-order valence-corrected chi connectivity index (χ4v) is 2.55. The predicted molar refractivity (Wildman–Crippen MR) is 99.6 cm³/mol. The Morgan fingerprint density at radius 3 is 2.24 bits per heavy atom. The normalized spacial score (nSPS) is 10.8. The molecule has 0 atom stereocenters. The average molecular weight is 335 g/mol. The van der Waals surface area contributed by atoms with E-state index in [0.29, 0.717) is 0 Å². The molecule has 0 fully saturated rings. The number of ether oxygens (including phenoxy) is 1. The molecule has 1 amide bonds. The Morgan fingerprint density at radius 1 is 1.12 bits per heavy atom. The van der Waals surface area contributed by atoms with Gasteiger partial charge in [0.15, 0.2) is 0 Å². The van der Waals surface area contributed by atoms with E-state index < -0.39 is 5.91 Å². The van der Waals surface area contributed by atoms with Gasteiger partial charge in [-0.05, 0) is 56.2 Å². The number of rotatable bonds is 5. The zero-order valence-electron chi connectivity index (χ0n) is 14.8. The highest BCUT2D eigenvalue weighted by atomic mass is 16.5. The molecule has 2 aromatic carbocycles. The van der Waals surface area contributed by atoms with Crippen LogP contribution in [-0.4, -0.2) is 13.0 Å². The van der Waals surface area contributed by atoms with E-state index in [9.17, 15) is 10.1 Å². The van der Waals surface area contributed by atoms with E-state index >= 15 is 0 Å². The lowest BCUT2D eigenvalue weighted by atomic mass is 10.0. The largest absolute Gasteiger partial charge is 0.497 e. The number of anilines is 2. The molecule has 0 aliphatic rings. The van der Waals surface area contributed by atoms with Crippen molar-refractivity contribution in [3.05, 3.63) is 64.9 Å². The van der Waals surface area contributed by atoms with Gasteiger partial charge in [0.1, 0.15) is 17.4 Å². The Kier molecular flexibility index (Phi) is 5.80. The number of aryl methyl sites for hydroxylation is 3. The maximum Gasteiger partial charge on any atom is 0.267 e. The van der Waals surface area contributed by atoms with Crippen molar-refractivity contribution in [2.75, 3.05) is 17.7 Å². The number of benzene rings is 2. The van der Waals surface area contributed by atoms with Gasteiger partial charge < -0.3 is 15.4 Å². The predicted octanol–water partition coefficient (Wildman–Crippen LogP) is 4.08. The number of nitrogens with one attached hydrogen (secondary N) is 2. The van der Waals surface area contributed by atoms with Crippen molar-refractivity contribution < 1.29 is 9.53 Å². The van der Waals surface area contributed by atoms with Crippen LogP contribution in [0.4, 0.5) is 11.4 Å². The number of amides is 1. The third-order valence-corrected chi connectivity index (χ3v) is 3.75. The minimum Gasteiger partial charge on any atom is -0.497 e. The first-order valence-corrected chi connectivity index (χ1v) is 7.84. The molecule has 0 spiro atoms. The standard InChI is InChI=1S/C20H21N3O2/c1-13-9-14(2)19(15(3)10-13)23-20(24)16(11-21)12-22-17-5-7-18(25-4)8-6-17/h5-10,12,22H,1-4H3,(H,23,24)/b16-12-. The van der Waals surface area contributed by atoms with Crippen molar-refractivity contribution in [2.45, 2.75) is 20.8 Å². The summed E-state index contributed by atoms with van der Waals surface area (Å²) >= 11 is 0. The molecule has 0 radical (unpaired) electrons. The molecule has 0 aromatic heterocycles. The van der Waals surface area contributed by atoms with Gasteiger partial charge in [-0.2, -0.15) is 5.26 Å². The molecule has 2 aromatic rings. The number of nitriles is 1. The van der Waals surface area contributed by atoms with E-state index in [4.69, 9.17) is 4.74 Å². The zero-order valence-corrected chi connectivity index (χ0v) is 14.8. The van der Waals surface area contributed by atoms with Crippen LogP contribution in [0, 0.1) is 32.1 Å². The number of nitrogens with zero attached hydrogens (tertiary/aromatic N) is 1. The quantitative estimate of drug-likeness (QED) is 0.638. The minimum absolute atomic E-state index is 0.00445. The van der Waals surface area contributed by atoms with Crippen LogP contribution < -0.4 is 15.4 Å². The summed E-state index contributed by atoms with van der Waals surface area (Å²) in [7, 11) is 1.59. The average Bonchev–Trinajstić information content (AvgIpc) is 2.59. The highest BCUT2D eigenvalue weighted by molar-refractivity contribution is 6.07. The molecule has 0 heterocycles. The molecule has 0 aliphatic carbocycles. The number of hydrogen-bond donors (Lipinski definition) is 2. The number of methoxy groups -OCH3 is 1. The van der Waals surface area contributed by atoms with Gasteiger partial charge in [0.05, 0.1) is 7.11 Å². The summed E-state index contributed by atoms with van der Waals surface area (Å²) in [5.74, 6) is 0.289. The topological polar surface area (TPSA) is 74.1 Å². The van der Waals surface area contributed by atoms with Crippen molar-refractivity contribution >= 4 is 17.3 Å². The molecule has 128 valence electrons. The van der Waals surface area contributed by atoms with Gasteiger partial charge in [0, 0.05) is 17.6 Å². The third kappa shape index (κ3) is 4.61. The number of carbonyl (C=O) groups excluding carboxylic acids is 1. The second kappa shape index (κ2) is 8.02. The first kappa shape index (κ1) is 18.1. The molecule has 5 heteroatoms. The van der Waals surface area contributed by atoms with Crippen LogP contribution in [0.25, 0.3) is 0 Å². The van der Waals surface area contributed by atoms with Crippen LogP contribution >= 0.6 is 0 Å². The Hall–Kier alpha value is -3.26. The fourth-order valence-electron chi connectivity index (χ4n) is 2.55. The molecule has 2 N–H and O–H groups in total. The van der Waals surface area contributed by atoms with Crippen LogP contribution in [0.2, 0.25) is 0 Å². The van der Waals surface area contributed by atoms with Crippen LogP contribution in [0.3, 0.4) is 0 Å². The lowest BCUT2D eigenvalue weighted by Crippen LogP contribution is -2.16. The van der Waals surface area contributed by atoms with Crippen LogP contribution in [0.5, 0.6) is 5.75 Å². The van der Waals surface area contributed by atoms with Crippen molar-refractivity contribution in [2.24, 2.45) is 0 Å². The van der Waals surface area contributed by atoms with Gasteiger partial charge in [-0.3, -0.25) is 4.79 Å². The summed E-state index contributed by atoms with van der Waals surface area (Å²) in [6.45, 7) is 5.87. The Balaban J connectivity index is 2.14. The molecule has 0 aliphatic heterocycles. The SMILES string of the molecule is COc1ccc(N/C=C(/C#N)C(=O)Nc2c(C)cc(C)cc2C)cc1. The molecule has 5 nitrogen and oxygen atoms in total. The molecule has 0 unspecified atom stereocenters. The molecule has 0 saturated heterocycles. The van der Waals surface area contributed by atoms with Gasteiger partial charge in [0.25, 0.3) is 5.91 Å². The van der Waals surface area contributed by atoms with Crippen molar-refractivity contribution in [3.63, 3.8) is 0 Å². The zero-order chi connectivity index (χ0) is 18.4. The third-order valence-electron chi connectivity index (χ3n) is 3.75. The van der Waals surface area contributed by atoms with E-state index in [-0.39, 0.29) is 5.57 Å². The summed E-state index contributed by atoms with van der Waals surface area (Å²) in [4.78, 5) is 12.4. The van der Waals surface area contributed by atoms with Crippen LogP contribution in [0.15, 0.2) is 48.2 Å². The van der Waals surface area contributed by atoms with E-state index in [1.807, 2.05) is 39.0 Å². The lowest BCUT2D eigenvalue weighted by Gasteiger charge is -2.12. The molecule has 2 rings (SSSR count). The minimum atomic E-state index is -0.446. The summed E-state index contributed by atoms with van der Waals surface area (Å²) in [6, 6.07) is 13.1. The molecular weight excluding hydrogens is 314 g/mol. The first-order chi connectivity index (χ1) is 11.9. The van der Waals surface area contributed by atoms with Crippen molar-refractivity contribution in [1.82, 2.24) is 0 Å².